The average molecular weight is 208 g/mol. The van der Waals surface area contributed by atoms with Gasteiger partial charge < -0.3 is 10.6 Å². The number of thioether (sulfide) groups is 1. The van der Waals surface area contributed by atoms with Crippen LogP contribution in [0.15, 0.2) is 24.3 Å². The van der Waals surface area contributed by atoms with E-state index in [1.165, 1.54) is 23.6 Å². The van der Waals surface area contributed by atoms with E-state index < -0.39 is 0 Å². The van der Waals surface area contributed by atoms with Crippen LogP contribution in [0.4, 0.5) is 11.4 Å². The minimum Gasteiger partial charge on any atom is -0.397 e. The maximum Gasteiger partial charge on any atom is 0.0600 e. The monoisotopic (exact) mass is 208 g/mol. The number of nitrogens with two attached hydrogens (primary N) is 1. The number of anilines is 2. The lowest BCUT2D eigenvalue weighted by atomic mass is 10.2. The Labute approximate surface area is 89.5 Å². The van der Waals surface area contributed by atoms with Gasteiger partial charge in [0.2, 0.25) is 0 Å². The Kier molecular flexibility index (Phi) is 2.87. The van der Waals surface area contributed by atoms with E-state index in [0.29, 0.717) is 6.04 Å². The molecule has 0 aliphatic carbocycles. The Morgan fingerprint density at radius 1 is 1.43 bits per heavy atom. The van der Waals surface area contributed by atoms with E-state index in [-0.39, 0.29) is 0 Å². The summed E-state index contributed by atoms with van der Waals surface area (Å²) >= 11 is 2.03. The zero-order valence-electron chi connectivity index (χ0n) is 8.44. The third kappa shape index (κ3) is 1.82. The molecule has 2 rings (SSSR count). The van der Waals surface area contributed by atoms with Gasteiger partial charge >= 0.3 is 0 Å². The lowest BCUT2D eigenvalue weighted by Gasteiger charge is -2.27. The summed E-state index contributed by atoms with van der Waals surface area (Å²) in [4.78, 5) is 2.31. The molecule has 76 valence electrons. The van der Waals surface area contributed by atoms with E-state index in [1.807, 2.05) is 30.0 Å². The molecule has 1 aromatic carbocycles. The van der Waals surface area contributed by atoms with Crippen LogP contribution in [-0.2, 0) is 0 Å². The highest BCUT2D eigenvalue weighted by Crippen LogP contribution is 2.29. The Bertz CT molecular complexity index is 308. The molecule has 0 radical (unpaired) electrons. The van der Waals surface area contributed by atoms with Crippen molar-refractivity contribution in [3.05, 3.63) is 24.3 Å². The fourth-order valence-corrected chi connectivity index (χ4v) is 3.10. The van der Waals surface area contributed by atoms with Crippen molar-refractivity contribution in [2.24, 2.45) is 0 Å². The minimum atomic E-state index is 0.657. The van der Waals surface area contributed by atoms with E-state index in [4.69, 9.17) is 5.73 Å². The van der Waals surface area contributed by atoms with Crippen molar-refractivity contribution in [2.75, 3.05) is 29.2 Å². The van der Waals surface area contributed by atoms with E-state index in [2.05, 4.69) is 18.0 Å². The van der Waals surface area contributed by atoms with Gasteiger partial charge in [-0.05, 0) is 24.3 Å². The molecule has 0 saturated carbocycles. The standard InChI is InChI=1S/C11H16N2S/c1-13(9-6-7-14-8-9)11-5-3-2-4-10(11)12/h2-5,9H,6-8,12H2,1H3/t9-/m1/s1. The lowest BCUT2D eigenvalue weighted by molar-refractivity contribution is 0.701. The van der Waals surface area contributed by atoms with Crippen LogP contribution in [0.3, 0.4) is 0 Å². The molecule has 2 nitrogen and oxygen atoms in total. The Morgan fingerprint density at radius 2 is 2.21 bits per heavy atom. The van der Waals surface area contributed by atoms with Gasteiger partial charge in [0.25, 0.3) is 0 Å². The minimum absolute atomic E-state index is 0.657. The van der Waals surface area contributed by atoms with Crippen molar-refractivity contribution < 1.29 is 0 Å². The van der Waals surface area contributed by atoms with Crippen molar-refractivity contribution in [3.63, 3.8) is 0 Å². The zero-order valence-corrected chi connectivity index (χ0v) is 9.26. The average Bonchev–Trinajstić information content (AvgIpc) is 2.70. The van der Waals surface area contributed by atoms with Crippen LogP contribution in [0, 0.1) is 0 Å². The number of hydrogen-bond acceptors (Lipinski definition) is 3. The molecule has 1 fully saturated rings. The van der Waals surface area contributed by atoms with E-state index in [9.17, 15) is 0 Å². The summed E-state index contributed by atoms with van der Waals surface area (Å²) in [6.45, 7) is 0. The van der Waals surface area contributed by atoms with E-state index in [0.717, 1.165) is 5.69 Å². The van der Waals surface area contributed by atoms with Crippen LogP contribution in [0.5, 0.6) is 0 Å². The van der Waals surface area contributed by atoms with Crippen molar-refractivity contribution in [1.29, 1.82) is 0 Å². The number of nitrogen functional groups attached to an aromatic ring is 1. The summed E-state index contributed by atoms with van der Waals surface area (Å²) in [5.41, 5.74) is 7.99. The summed E-state index contributed by atoms with van der Waals surface area (Å²) in [5.74, 6) is 2.51. The molecule has 1 aliphatic rings. The highest BCUT2D eigenvalue weighted by Gasteiger charge is 2.21. The van der Waals surface area contributed by atoms with Gasteiger partial charge in [-0.25, -0.2) is 0 Å². The summed E-state index contributed by atoms with van der Waals surface area (Å²) < 4.78 is 0. The van der Waals surface area contributed by atoms with Crippen molar-refractivity contribution in [2.45, 2.75) is 12.5 Å². The number of nitrogens with zero attached hydrogens (tertiary/aromatic N) is 1. The second-order valence-electron chi connectivity index (χ2n) is 3.69. The predicted molar refractivity (Wildman–Crippen MR) is 65.0 cm³/mol. The Balaban J connectivity index is 2.17. The van der Waals surface area contributed by atoms with Crippen LogP contribution in [0.2, 0.25) is 0 Å². The van der Waals surface area contributed by atoms with Crippen LogP contribution >= 0.6 is 11.8 Å². The molecule has 1 heterocycles. The summed E-state index contributed by atoms with van der Waals surface area (Å²) in [6, 6.07) is 8.75. The fourth-order valence-electron chi connectivity index (χ4n) is 1.83. The highest BCUT2D eigenvalue weighted by atomic mass is 32.2. The van der Waals surface area contributed by atoms with Crippen molar-refractivity contribution in [1.82, 2.24) is 0 Å². The molecule has 0 amide bonds. The number of rotatable bonds is 2. The Morgan fingerprint density at radius 3 is 2.86 bits per heavy atom. The van der Waals surface area contributed by atoms with E-state index in [1.54, 1.807) is 0 Å². The zero-order chi connectivity index (χ0) is 9.97. The molecule has 2 N–H and O–H groups in total. The van der Waals surface area contributed by atoms with E-state index >= 15 is 0 Å². The Hall–Kier alpha value is -0.830. The van der Waals surface area contributed by atoms with Crippen LogP contribution in [0.1, 0.15) is 6.42 Å². The van der Waals surface area contributed by atoms with Gasteiger partial charge in [-0.2, -0.15) is 11.8 Å². The summed E-state index contributed by atoms with van der Waals surface area (Å²) in [5, 5.41) is 0. The smallest absolute Gasteiger partial charge is 0.0600 e. The second kappa shape index (κ2) is 4.13. The first-order chi connectivity index (χ1) is 6.79. The fraction of sp³-hybridized carbons (Fsp3) is 0.455. The molecule has 1 aliphatic heterocycles. The van der Waals surface area contributed by atoms with Crippen LogP contribution < -0.4 is 10.6 Å². The van der Waals surface area contributed by atoms with Gasteiger partial charge in [-0.1, -0.05) is 12.1 Å². The van der Waals surface area contributed by atoms with Gasteiger partial charge in [0.05, 0.1) is 11.4 Å². The van der Waals surface area contributed by atoms with Gasteiger partial charge in [0.15, 0.2) is 0 Å². The molecular weight excluding hydrogens is 192 g/mol. The molecule has 0 spiro atoms. The summed E-state index contributed by atoms with van der Waals surface area (Å²) in [6.07, 6.45) is 1.27. The normalized spacial score (nSPS) is 21.1. The lowest BCUT2D eigenvalue weighted by Crippen LogP contribution is -2.31. The predicted octanol–water partition coefficient (Wildman–Crippen LogP) is 2.21. The molecule has 3 heteroatoms. The van der Waals surface area contributed by atoms with Crippen molar-refractivity contribution in [3.8, 4) is 0 Å². The molecular formula is C11H16N2S. The van der Waals surface area contributed by atoms with Gasteiger partial charge in [0, 0.05) is 18.8 Å². The maximum absolute atomic E-state index is 5.94. The topological polar surface area (TPSA) is 29.3 Å². The third-order valence-corrected chi connectivity index (χ3v) is 3.91. The quantitative estimate of drug-likeness (QED) is 0.756. The van der Waals surface area contributed by atoms with Gasteiger partial charge in [-0.3, -0.25) is 0 Å². The molecule has 1 saturated heterocycles. The second-order valence-corrected chi connectivity index (χ2v) is 4.84. The number of para-hydroxylation sites is 2. The molecule has 1 atom stereocenters. The molecule has 0 bridgehead atoms. The van der Waals surface area contributed by atoms with Crippen LogP contribution in [0.25, 0.3) is 0 Å². The third-order valence-electron chi connectivity index (χ3n) is 2.77. The van der Waals surface area contributed by atoms with Gasteiger partial charge in [0.1, 0.15) is 0 Å². The first-order valence-electron chi connectivity index (χ1n) is 4.94. The molecule has 0 aromatic heterocycles. The first-order valence-corrected chi connectivity index (χ1v) is 6.09. The SMILES string of the molecule is CN(c1ccccc1N)[C@@H]1CCSC1. The van der Waals surface area contributed by atoms with Gasteiger partial charge in [-0.15, -0.1) is 0 Å². The molecule has 1 aromatic rings. The van der Waals surface area contributed by atoms with Crippen LogP contribution in [-0.4, -0.2) is 24.6 Å². The molecule has 0 unspecified atom stereocenters. The molecule has 14 heavy (non-hydrogen) atoms. The number of benzene rings is 1. The van der Waals surface area contributed by atoms with Crippen molar-refractivity contribution >= 4 is 23.1 Å². The first kappa shape index (κ1) is 9.71. The number of hydrogen-bond donors (Lipinski definition) is 1. The highest BCUT2D eigenvalue weighted by molar-refractivity contribution is 7.99. The summed E-state index contributed by atoms with van der Waals surface area (Å²) in [7, 11) is 2.14. The maximum atomic E-state index is 5.94. The largest absolute Gasteiger partial charge is 0.397 e.